The number of nitrogens with zero attached hydrogens (tertiary/aromatic N) is 2. The average molecular weight is 907 g/mol. The van der Waals surface area contributed by atoms with Crippen LogP contribution >= 0.6 is 0 Å². The van der Waals surface area contributed by atoms with Crippen molar-refractivity contribution in [2.45, 2.75) is 92.3 Å². The minimum atomic E-state index is -1.38. The first kappa shape index (κ1) is 41.0. The zero-order valence-corrected chi connectivity index (χ0v) is 37.2. The van der Waals surface area contributed by atoms with Gasteiger partial charge in [0.2, 0.25) is 0 Å². The van der Waals surface area contributed by atoms with E-state index in [1.165, 1.54) is 27.4 Å². The van der Waals surface area contributed by atoms with Crippen molar-refractivity contribution in [3.05, 3.63) is 138 Å². The summed E-state index contributed by atoms with van der Waals surface area (Å²) in [7, 11) is -1.38. The standard InChI is InChI=1S/C28H24NO.C21H30NSi.Ir/c1-18(2)19(3)21-14-15-29-26(16-21)25-11-7-10-24-23-13-12-22(17-27(23)30-28(24)25)20-8-5-4-6-9-20;1-15(2)18-13-19(22-14-20(18)23(6,7)8)16-10-9-11-17(12-16)21(3,4)5;/h4-10,12-19H,1-3H3;9,11-15H,1-8H3;/q2*-1;. The molecule has 1 radical (unpaired) electrons. The van der Waals surface area contributed by atoms with Crippen LogP contribution in [0.25, 0.3) is 55.6 Å². The van der Waals surface area contributed by atoms with Gasteiger partial charge in [0, 0.05) is 37.9 Å². The minimum Gasteiger partial charge on any atom is -0.501 e. The zero-order valence-electron chi connectivity index (χ0n) is 33.8. The molecule has 0 N–H and O–H groups in total. The molecule has 5 heteroatoms. The Morgan fingerprint density at radius 3 is 2.09 bits per heavy atom. The number of benzene rings is 4. The second-order valence-electron chi connectivity index (χ2n) is 17.1. The molecule has 0 saturated carbocycles. The smallest absolute Gasteiger partial charge is 0.121 e. The summed E-state index contributed by atoms with van der Waals surface area (Å²) < 4.78 is 6.38. The molecule has 3 aromatic heterocycles. The van der Waals surface area contributed by atoms with Crippen LogP contribution in [0.4, 0.5) is 0 Å². The molecule has 1 atom stereocenters. The van der Waals surface area contributed by atoms with E-state index in [9.17, 15) is 0 Å². The topological polar surface area (TPSA) is 38.9 Å². The van der Waals surface area contributed by atoms with Crippen LogP contribution in [0.1, 0.15) is 83.9 Å². The Bertz CT molecular complexity index is 2350. The van der Waals surface area contributed by atoms with Crippen molar-refractivity contribution >= 4 is 35.2 Å². The molecule has 0 aliphatic rings. The maximum absolute atomic E-state index is 6.38. The number of furan rings is 1. The van der Waals surface area contributed by atoms with Gasteiger partial charge in [-0.3, -0.25) is 0 Å². The summed E-state index contributed by atoms with van der Waals surface area (Å²) in [6.07, 6.45) is 4.01. The molecule has 54 heavy (non-hydrogen) atoms. The molecule has 0 aliphatic heterocycles. The number of rotatable bonds is 7. The Labute approximate surface area is 338 Å². The molecule has 3 heterocycles. The van der Waals surface area contributed by atoms with E-state index in [1.54, 1.807) is 0 Å². The summed E-state index contributed by atoms with van der Waals surface area (Å²) >= 11 is 0. The normalized spacial score (nSPS) is 12.5. The van der Waals surface area contributed by atoms with Gasteiger partial charge >= 0.3 is 0 Å². The number of hydrogen-bond acceptors (Lipinski definition) is 3. The molecular weight excluding hydrogens is 853 g/mol. The molecule has 0 bridgehead atoms. The van der Waals surface area contributed by atoms with Crippen molar-refractivity contribution in [2.24, 2.45) is 5.92 Å². The predicted molar refractivity (Wildman–Crippen MR) is 229 cm³/mol. The van der Waals surface area contributed by atoms with Crippen molar-refractivity contribution in [3.63, 3.8) is 0 Å². The first-order valence-corrected chi connectivity index (χ1v) is 22.5. The molecule has 0 aliphatic carbocycles. The number of pyridine rings is 2. The molecule has 3 nitrogen and oxygen atoms in total. The molecular formula is C49H54IrN2OSi-2. The maximum Gasteiger partial charge on any atom is 0.121 e. The van der Waals surface area contributed by atoms with Crippen LogP contribution in [0.2, 0.25) is 19.6 Å². The monoisotopic (exact) mass is 907 g/mol. The minimum absolute atomic E-state index is 0. The van der Waals surface area contributed by atoms with Gasteiger partial charge < -0.3 is 14.4 Å². The zero-order chi connectivity index (χ0) is 38.1. The van der Waals surface area contributed by atoms with Gasteiger partial charge in [-0.15, -0.1) is 53.6 Å². The molecule has 4 aromatic carbocycles. The van der Waals surface area contributed by atoms with Crippen molar-refractivity contribution in [1.82, 2.24) is 9.97 Å². The second kappa shape index (κ2) is 16.7. The third kappa shape index (κ3) is 9.03. The predicted octanol–water partition coefficient (Wildman–Crippen LogP) is 13.4. The van der Waals surface area contributed by atoms with Crippen LogP contribution in [0.15, 0.2) is 114 Å². The average Bonchev–Trinajstić information content (AvgIpc) is 3.52. The van der Waals surface area contributed by atoms with Crippen molar-refractivity contribution < 1.29 is 24.5 Å². The van der Waals surface area contributed by atoms with Crippen molar-refractivity contribution in [2.75, 3.05) is 0 Å². The van der Waals surface area contributed by atoms with Gasteiger partial charge in [0.1, 0.15) is 5.58 Å². The van der Waals surface area contributed by atoms with Gasteiger partial charge in [-0.1, -0.05) is 152 Å². The molecule has 7 rings (SSSR count). The number of hydrogen-bond donors (Lipinski definition) is 0. The summed E-state index contributed by atoms with van der Waals surface area (Å²) in [5.41, 5.74) is 12.3. The summed E-state index contributed by atoms with van der Waals surface area (Å²) in [5.74, 6) is 1.56. The van der Waals surface area contributed by atoms with Gasteiger partial charge in [-0.25, -0.2) is 0 Å². The van der Waals surface area contributed by atoms with Crippen LogP contribution in [-0.2, 0) is 25.5 Å². The van der Waals surface area contributed by atoms with Crippen LogP contribution in [-0.4, -0.2) is 18.0 Å². The Morgan fingerprint density at radius 1 is 0.704 bits per heavy atom. The van der Waals surface area contributed by atoms with Crippen LogP contribution in [0.3, 0.4) is 0 Å². The summed E-state index contributed by atoms with van der Waals surface area (Å²) in [5, 5.41) is 3.69. The van der Waals surface area contributed by atoms with E-state index in [1.807, 2.05) is 24.4 Å². The van der Waals surface area contributed by atoms with E-state index in [4.69, 9.17) is 9.40 Å². The molecule has 0 spiro atoms. The van der Waals surface area contributed by atoms with E-state index < -0.39 is 8.07 Å². The third-order valence-corrected chi connectivity index (χ3v) is 12.4. The Hall–Kier alpha value is -4.15. The molecule has 1 unspecified atom stereocenters. The summed E-state index contributed by atoms with van der Waals surface area (Å²) in [4.78, 5) is 9.43. The molecule has 0 amide bonds. The van der Waals surface area contributed by atoms with Gasteiger partial charge in [0.25, 0.3) is 0 Å². The van der Waals surface area contributed by atoms with E-state index in [0.29, 0.717) is 17.8 Å². The first-order valence-electron chi connectivity index (χ1n) is 19.0. The second-order valence-corrected chi connectivity index (χ2v) is 22.1. The Morgan fingerprint density at radius 2 is 1.43 bits per heavy atom. The van der Waals surface area contributed by atoms with E-state index in [0.717, 1.165) is 50.0 Å². The van der Waals surface area contributed by atoms with E-state index >= 15 is 0 Å². The van der Waals surface area contributed by atoms with Crippen LogP contribution in [0.5, 0.6) is 0 Å². The summed E-state index contributed by atoms with van der Waals surface area (Å²) in [6.45, 7) is 25.2. The van der Waals surface area contributed by atoms with Crippen LogP contribution in [0, 0.1) is 18.1 Å². The van der Waals surface area contributed by atoms with E-state index in [-0.39, 0.29) is 25.5 Å². The van der Waals surface area contributed by atoms with Gasteiger partial charge in [0.15, 0.2) is 0 Å². The fourth-order valence-electron chi connectivity index (χ4n) is 6.80. The Kier molecular flexibility index (Phi) is 12.7. The summed E-state index contributed by atoms with van der Waals surface area (Å²) in [6, 6.07) is 40.6. The number of fused-ring (bicyclic) bond motifs is 3. The maximum atomic E-state index is 6.38. The van der Waals surface area contributed by atoms with Crippen LogP contribution < -0.4 is 5.19 Å². The first-order chi connectivity index (χ1) is 25.1. The molecule has 0 saturated heterocycles. The fraction of sp³-hybridized carbons (Fsp3) is 0.306. The largest absolute Gasteiger partial charge is 0.501 e. The van der Waals surface area contributed by atoms with Crippen molar-refractivity contribution in [1.29, 1.82) is 0 Å². The molecule has 7 aromatic rings. The van der Waals surface area contributed by atoms with Gasteiger partial charge in [0.05, 0.1) is 13.7 Å². The number of aromatic nitrogens is 2. The van der Waals surface area contributed by atoms with Gasteiger partial charge in [-0.05, 0) is 63.0 Å². The van der Waals surface area contributed by atoms with Gasteiger partial charge in [-0.2, -0.15) is 0 Å². The SMILES string of the molecule is CC(C)C(C)c1ccnc(-c2[c-]ccc3c2oc2cc(-c4ccccc4)ccc23)c1.CC(C)c1cc(-c2[c-]ccc(C(C)(C)C)c2)ncc1[Si](C)(C)C.[Ir]. The van der Waals surface area contributed by atoms with E-state index in [2.05, 4.69) is 177 Å². The fourth-order valence-corrected chi connectivity index (χ4v) is 8.48. The quantitative estimate of drug-likeness (QED) is 0.118. The molecule has 281 valence electrons. The van der Waals surface area contributed by atoms with Crippen molar-refractivity contribution in [3.8, 4) is 33.6 Å². The third-order valence-electron chi connectivity index (χ3n) is 10.4. The Balaban J connectivity index is 0.000000212. The molecule has 0 fully saturated rings.